The van der Waals surface area contributed by atoms with Gasteiger partial charge in [-0.15, -0.1) is 11.3 Å². The Labute approximate surface area is 189 Å². The van der Waals surface area contributed by atoms with Crippen LogP contribution in [0.15, 0.2) is 65.1 Å². The molecule has 3 heterocycles. The normalized spacial score (nSPS) is 29.0. The van der Waals surface area contributed by atoms with Gasteiger partial charge in [-0.05, 0) is 41.5 Å². The number of esters is 3. The summed E-state index contributed by atoms with van der Waals surface area (Å²) in [6.07, 6.45) is 2.73. The number of rotatable bonds is 3. The quantitative estimate of drug-likeness (QED) is 0.304. The van der Waals surface area contributed by atoms with Gasteiger partial charge in [0.1, 0.15) is 18.3 Å². The SMILES string of the molecule is C=C1C(=O)OC2CC3=C[C@@H](C/C(C)=C/[C@@H](OC(=O)Cc4csc5ccccc45)[C@H]12)OC3=O. The predicted octanol–water partition coefficient (Wildman–Crippen LogP) is 4.05. The minimum atomic E-state index is -0.718. The minimum Gasteiger partial charge on any atom is -0.458 e. The molecule has 2 bridgehead atoms. The second-order valence-corrected chi connectivity index (χ2v) is 9.35. The summed E-state index contributed by atoms with van der Waals surface area (Å²) in [5.41, 5.74) is 2.54. The van der Waals surface area contributed by atoms with Crippen molar-refractivity contribution in [1.29, 1.82) is 0 Å². The number of hydrogen-bond donors (Lipinski definition) is 0. The van der Waals surface area contributed by atoms with Gasteiger partial charge in [0.25, 0.3) is 0 Å². The molecule has 0 saturated carbocycles. The highest BCUT2D eigenvalue weighted by molar-refractivity contribution is 7.17. The highest BCUT2D eigenvalue weighted by Crippen LogP contribution is 2.38. The van der Waals surface area contributed by atoms with Crippen LogP contribution in [0, 0.1) is 5.92 Å². The van der Waals surface area contributed by atoms with Crippen molar-refractivity contribution >= 4 is 39.3 Å². The van der Waals surface area contributed by atoms with Gasteiger partial charge in [-0.3, -0.25) is 4.79 Å². The predicted molar refractivity (Wildman–Crippen MR) is 119 cm³/mol. The van der Waals surface area contributed by atoms with Crippen LogP contribution in [-0.4, -0.2) is 36.2 Å². The van der Waals surface area contributed by atoms with Gasteiger partial charge < -0.3 is 14.2 Å². The highest BCUT2D eigenvalue weighted by atomic mass is 32.1. The molecular weight excluding hydrogens is 428 g/mol. The Hall–Kier alpha value is -3.19. The second kappa shape index (κ2) is 8.06. The first-order valence-corrected chi connectivity index (χ1v) is 11.4. The van der Waals surface area contributed by atoms with Crippen LogP contribution in [0.4, 0.5) is 0 Å². The van der Waals surface area contributed by atoms with Crippen LogP contribution in [-0.2, 0) is 35.0 Å². The van der Waals surface area contributed by atoms with E-state index < -0.39 is 30.1 Å². The standard InChI is InChI=1S/C25H22O6S/c1-13-7-17-9-15(25(28)29-17)10-20-23(14(2)24(27)31-20)19(8-13)30-22(26)11-16-12-32-21-6-4-3-5-18(16)21/h3-6,8-9,12,17,19-20,23H,2,7,10-11H2,1H3/b13-8+/t17-,19-,20?,23+/m1/s1. The molecule has 1 aromatic carbocycles. The summed E-state index contributed by atoms with van der Waals surface area (Å²) in [5.74, 6) is -1.87. The smallest absolute Gasteiger partial charge is 0.334 e. The Balaban J connectivity index is 1.43. The number of carbonyl (C=O) groups is 3. The van der Waals surface area contributed by atoms with E-state index in [-0.39, 0.29) is 30.5 Å². The molecule has 0 spiro atoms. The molecule has 6 nitrogen and oxygen atoms in total. The van der Waals surface area contributed by atoms with Crippen LogP contribution in [0.5, 0.6) is 0 Å². The Bertz CT molecular complexity index is 1200. The van der Waals surface area contributed by atoms with Crippen molar-refractivity contribution in [2.75, 3.05) is 0 Å². The Kier molecular flexibility index (Phi) is 5.21. The average Bonchev–Trinajstić information content (AvgIpc) is 3.38. The maximum absolute atomic E-state index is 13.0. The third kappa shape index (κ3) is 3.77. The van der Waals surface area contributed by atoms with E-state index in [0.717, 1.165) is 21.2 Å². The van der Waals surface area contributed by atoms with E-state index in [2.05, 4.69) is 6.58 Å². The van der Waals surface area contributed by atoms with Crippen LogP contribution >= 0.6 is 11.3 Å². The van der Waals surface area contributed by atoms with Crippen LogP contribution in [0.3, 0.4) is 0 Å². The van der Waals surface area contributed by atoms with Crippen LogP contribution in [0.25, 0.3) is 10.1 Å². The van der Waals surface area contributed by atoms with E-state index in [1.54, 1.807) is 17.4 Å². The summed E-state index contributed by atoms with van der Waals surface area (Å²) in [6.45, 7) is 5.79. The van der Waals surface area contributed by atoms with Crippen molar-refractivity contribution in [3.8, 4) is 0 Å². The molecule has 32 heavy (non-hydrogen) atoms. The molecule has 2 aromatic rings. The molecule has 1 aromatic heterocycles. The number of fused-ring (bicyclic) bond motifs is 3. The second-order valence-electron chi connectivity index (χ2n) is 8.44. The zero-order valence-electron chi connectivity index (χ0n) is 17.5. The lowest BCUT2D eigenvalue weighted by Gasteiger charge is -2.26. The molecule has 7 heteroatoms. The van der Waals surface area contributed by atoms with E-state index in [0.29, 0.717) is 12.0 Å². The van der Waals surface area contributed by atoms with Crippen molar-refractivity contribution in [2.45, 2.75) is 44.5 Å². The molecule has 1 saturated heterocycles. The van der Waals surface area contributed by atoms with Crippen LogP contribution in [0.2, 0.25) is 0 Å². The number of carbonyl (C=O) groups excluding carboxylic acids is 3. The summed E-state index contributed by atoms with van der Waals surface area (Å²) >= 11 is 1.59. The lowest BCUT2D eigenvalue weighted by atomic mass is 9.85. The highest BCUT2D eigenvalue weighted by Gasteiger charge is 2.46. The summed E-state index contributed by atoms with van der Waals surface area (Å²) < 4.78 is 18.0. The molecule has 1 unspecified atom stereocenters. The molecule has 0 amide bonds. The number of benzene rings is 1. The first kappa shape index (κ1) is 20.7. The average molecular weight is 451 g/mol. The maximum atomic E-state index is 13.0. The summed E-state index contributed by atoms with van der Waals surface area (Å²) in [5, 5.41) is 3.00. The van der Waals surface area contributed by atoms with Gasteiger partial charge in [0, 0.05) is 28.7 Å². The lowest BCUT2D eigenvalue weighted by molar-refractivity contribution is -0.149. The van der Waals surface area contributed by atoms with Gasteiger partial charge in [-0.2, -0.15) is 0 Å². The van der Waals surface area contributed by atoms with Crippen molar-refractivity contribution in [1.82, 2.24) is 0 Å². The molecule has 5 rings (SSSR count). The van der Waals surface area contributed by atoms with Crippen LogP contribution in [0.1, 0.15) is 25.3 Å². The molecule has 164 valence electrons. The van der Waals surface area contributed by atoms with Crippen molar-refractivity contribution in [2.24, 2.45) is 5.92 Å². The molecule has 0 N–H and O–H groups in total. The van der Waals surface area contributed by atoms with E-state index >= 15 is 0 Å². The minimum absolute atomic E-state index is 0.126. The molecule has 4 atom stereocenters. The molecule has 1 aliphatic carbocycles. The number of hydrogen-bond acceptors (Lipinski definition) is 7. The first-order chi connectivity index (χ1) is 15.4. The molecule has 0 radical (unpaired) electrons. The molecule has 3 aliphatic rings. The van der Waals surface area contributed by atoms with Gasteiger partial charge in [0.05, 0.1) is 12.3 Å². The number of thiophene rings is 1. The molecule has 2 aliphatic heterocycles. The summed E-state index contributed by atoms with van der Waals surface area (Å²) in [6, 6.07) is 7.92. The third-order valence-electron chi connectivity index (χ3n) is 6.14. The fourth-order valence-electron chi connectivity index (χ4n) is 4.63. The van der Waals surface area contributed by atoms with Crippen molar-refractivity contribution in [3.05, 3.63) is 70.7 Å². The summed E-state index contributed by atoms with van der Waals surface area (Å²) in [7, 11) is 0. The van der Waals surface area contributed by atoms with E-state index in [4.69, 9.17) is 14.2 Å². The zero-order chi connectivity index (χ0) is 22.4. The molecular formula is C25H22O6S. The third-order valence-corrected chi connectivity index (χ3v) is 7.15. The fraction of sp³-hybridized carbons (Fsp3) is 0.320. The van der Waals surface area contributed by atoms with Crippen molar-refractivity contribution < 1.29 is 28.6 Å². The van der Waals surface area contributed by atoms with E-state index in [1.807, 2.05) is 42.6 Å². The molecule has 1 fully saturated rings. The van der Waals surface area contributed by atoms with Gasteiger partial charge in [0.15, 0.2) is 0 Å². The monoisotopic (exact) mass is 450 g/mol. The Morgan fingerprint density at radius 1 is 1.16 bits per heavy atom. The topological polar surface area (TPSA) is 78.9 Å². The number of ether oxygens (including phenoxy) is 3. The first-order valence-electron chi connectivity index (χ1n) is 10.5. The Morgan fingerprint density at radius 3 is 2.81 bits per heavy atom. The largest absolute Gasteiger partial charge is 0.458 e. The van der Waals surface area contributed by atoms with Crippen LogP contribution < -0.4 is 0 Å². The van der Waals surface area contributed by atoms with Gasteiger partial charge in [-0.1, -0.05) is 30.4 Å². The van der Waals surface area contributed by atoms with Gasteiger partial charge in [0.2, 0.25) is 0 Å². The van der Waals surface area contributed by atoms with E-state index in [1.165, 1.54) is 0 Å². The van der Waals surface area contributed by atoms with Crippen molar-refractivity contribution in [3.63, 3.8) is 0 Å². The Morgan fingerprint density at radius 2 is 1.97 bits per heavy atom. The lowest BCUT2D eigenvalue weighted by Crippen LogP contribution is -2.33. The fourth-order valence-corrected chi connectivity index (χ4v) is 5.59. The maximum Gasteiger partial charge on any atom is 0.334 e. The van der Waals surface area contributed by atoms with E-state index in [9.17, 15) is 14.4 Å². The zero-order valence-corrected chi connectivity index (χ0v) is 18.4. The summed E-state index contributed by atoms with van der Waals surface area (Å²) in [4.78, 5) is 37.5. The van der Waals surface area contributed by atoms with Gasteiger partial charge >= 0.3 is 17.9 Å². The van der Waals surface area contributed by atoms with Gasteiger partial charge in [-0.25, -0.2) is 9.59 Å².